The third-order valence-electron chi connectivity index (χ3n) is 24.1. The predicted molar refractivity (Wildman–Crippen MR) is 377 cm³/mol. The molecule has 28 nitrogen and oxygen atoms in total. The molecule has 36 atom stereocenters. The summed E-state index contributed by atoms with van der Waals surface area (Å²) in [6.45, 7) is 30.9. The van der Waals surface area contributed by atoms with Crippen molar-refractivity contribution in [2.45, 2.75) is 358 Å². The number of hydrogen-bond donors (Lipinski definition) is 9. The lowest BCUT2D eigenvalue weighted by Crippen LogP contribution is -2.61. The smallest absolute Gasteiger partial charge is 0.311 e. The summed E-state index contributed by atoms with van der Waals surface area (Å²) in [5.41, 5.74) is -8.71. The van der Waals surface area contributed by atoms with Crippen LogP contribution in [0.2, 0.25) is 0 Å². The van der Waals surface area contributed by atoms with Crippen molar-refractivity contribution in [2.75, 3.05) is 49.5 Å². The van der Waals surface area contributed by atoms with E-state index in [1.54, 1.807) is 111 Å². The number of ether oxygens (including phenoxy) is 14. The number of carbonyl (C=O) groups excluding carboxylic acids is 4. The Bertz CT molecular complexity index is 2820. The zero-order valence-electron chi connectivity index (χ0n) is 69.4. The minimum atomic E-state index is -2.53. The molecule has 0 aromatic rings. The molecule has 6 heterocycles. The Balaban J connectivity index is 0.000000382. The molecule has 0 radical (unpaired) electrons. The van der Waals surface area contributed by atoms with Crippen molar-refractivity contribution in [3.05, 3.63) is 0 Å². The van der Waals surface area contributed by atoms with E-state index in [4.69, 9.17) is 70.4 Å². The van der Waals surface area contributed by atoms with Gasteiger partial charge in [0.15, 0.2) is 25.2 Å². The van der Waals surface area contributed by atoms with Gasteiger partial charge in [-0.3, -0.25) is 19.2 Å². The Labute approximate surface area is 617 Å². The number of cyclic esters (lactones) is 2. The van der Waals surface area contributed by atoms with Gasteiger partial charge >= 0.3 is 11.9 Å². The van der Waals surface area contributed by atoms with Crippen LogP contribution >= 0.6 is 0 Å². The number of esters is 2. The largest absolute Gasteiger partial charge is 0.459 e. The normalized spacial score (nSPS) is 49.9. The summed E-state index contributed by atoms with van der Waals surface area (Å²) in [5.74, 6) is -9.42. The van der Waals surface area contributed by atoms with Gasteiger partial charge in [0.1, 0.15) is 59.4 Å². The van der Waals surface area contributed by atoms with Crippen LogP contribution in [-0.2, 0) is 85.5 Å². The van der Waals surface area contributed by atoms with Gasteiger partial charge < -0.3 is 117 Å². The van der Waals surface area contributed by atoms with Crippen molar-refractivity contribution in [1.29, 1.82) is 0 Å². The maximum Gasteiger partial charge on any atom is 0.311 e. The predicted octanol–water partition coefficient (Wildman–Crippen LogP) is 4.54. The van der Waals surface area contributed by atoms with Crippen molar-refractivity contribution < 1.29 is 130 Å². The van der Waals surface area contributed by atoms with Gasteiger partial charge in [0, 0.05) is 93.0 Å². The van der Waals surface area contributed by atoms with Crippen LogP contribution in [0.5, 0.6) is 0 Å². The fourth-order valence-electron chi connectivity index (χ4n) is 16.8. The molecule has 9 N–H and O–H groups in total. The lowest BCUT2D eigenvalue weighted by atomic mass is 9.73. The second-order valence-corrected chi connectivity index (χ2v) is 32.3. The average molecular weight is 1480 g/mol. The zero-order chi connectivity index (χ0) is 81.0. The quantitative estimate of drug-likeness (QED) is 0.0958. The Morgan fingerprint density at radius 3 is 1.17 bits per heavy atom. The van der Waals surface area contributed by atoms with E-state index in [0.29, 0.717) is 6.42 Å². The molecule has 6 rings (SSSR count). The van der Waals surface area contributed by atoms with Gasteiger partial charge in [-0.15, -0.1) is 0 Å². The maximum absolute atomic E-state index is 14.2. The van der Waals surface area contributed by atoms with Gasteiger partial charge in [0.25, 0.3) is 0 Å². The number of methoxy groups -OCH3 is 4. The van der Waals surface area contributed by atoms with E-state index >= 15 is 0 Å². The lowest BCUT2D eigenvalue weighted by molar-refractivity contribution is -0.319. The third kappa shape index (κ3) is 20.3. The Kier molecular flexibility index (Phi) is 30.8. The molecule has 103 heavy (non-hydrogen) atoms. The van der Waals surface area contributed by atoms with E-state index in [-0.39, 0.29) is 68.7 Å². The van der Waals surface area contributed by atoms with E-state index in [9.17, 15) is 60.0 Å². The number of carbonyl (C=O) groups is 4. The van der Waals surface area contributed by atoms with Gasteiger partial charge in [-0.05, 0) is 143 Å². The van der Waals surface area contributed by atoms with Crippen LogP contribution in [0, 0.1) is 47.3 Å². The third-order valence-corrected chi connectivity index (χ3v) is 24.1. The minimum Gasteiger partial charge on any atom is -0.459 e. The van der Waals surface area contributed by atoms with Crippen molar-refractivity contribution in [2.24, 2.45) is 47.3 Å². The summed E-state index contributed by atoms with van der Waals surface area (Å²) in [6.07, 6.45) is -19.5. The standard InChI is InChI=1S/C38H69NO13.C37H67NO13/c1-15-26-38(10,45)31(42)21(4)28(40)19(2)17-37(9,47-14)33(52-35-29(41)25(39(11)12)16-20(3)48-35)22(5)30(23(6)34(44)50-26)51-27-18-36(8,46-13)32(43)24(7)49-27;1-14-25-37(10,44)30(41)20(4)27(39)18(2)16-36(9,46-13)32(51-34-28(40)24(38-11)15-19(3)47-34)21(5)29(22(6)33(43)49-25)50-26-17-35(8,45-12)31(42)23(7)48-26/h19-27,29-33,35,41-43,45H,15-18H2,1-14H3;18-26,28-32,34,38,40-42,44H,14-17H2,1-13H3/t19-,20-,21+,22+,23-,24+,25+,26-,27+,29-,30+,31-,32+,33-,35+,36-,37-,38-;18-,19-,20+,21+,22-,23+,24+,25-,26+,28-,29+,30-,31+,32-,34+,35-,36-,37-/m11/s1/i11D3;. The molecule has 0 aromatic heterocycles. The number of aliphatic hydroxyl groups excluding tert-OH is 6. The second kappa shape index (κ2) is 36.9. The van der Waals surface area contributed by atoms with Crippen LogP contribution < -0.4 is 5.32 Å². The summed E-state index contributed by atoms with van der Waals surface area (Å²) in [7, 11) is 9.06. The molecular formula is C75H136N2O26. The molecule has 0 aromatic carbocycles. The first-order valence-corrected chi connectivity index (χ1v) is 37.2. The van der Waals surface area contributed by atoms with Crippen LogP contribution in [-0.4, -0.2) is 287 Å². The van der Waals surface area contributed by atoms with Gasteiger partial charge in [-0.2, -0.15) is 0 Å². The zero-order valence-corrected chi connectivity index (χ0v) is 66.4. The van der Waals surface area contributed by atoms with Crippen LogP contribution in [0.25, 0.3) is 0 Å². The first-order chi connectivity index (χ1) is 48.8. The number of nitrogens with zero attached hydrogens (tertiary/aromatic N) is 1. The number of rotatable bonds is 16. The maximum atomic E-state index is 14.2. The molecule has 6 fully saturated rings. The summed E-state index contributed by atoms with van der Waals surface area (Å²) in [4.78, 5) is 57.4. The van der Waals surface area contributed by atoms with E-state index in [1.807, 2.05) is 13.8 Å². The summed E-state index contributed by atoms with van der Waals surface area (Å²) < 4.78 is 111. The molecule has 0 saturated carbocycles. The van der Waals surface area contributed by atoms with Crippen molar-refractivity contribution in [1.82, 2.24) is 10.2 Å². The fourth-order valence-corrected chi connectivity index (χ4v) is 16.8. The van der Waals surface area contributed by atoms with E-state index in [2.05, 4.69) is 5.32 Å². The molecule has 602 valence electrons. The number of nitrogens with one attached hydrogen (secondary N) is 1. The lowest BCUT2D eigenvalue weighted by Gasteiger charge is -2.50. The van der Waals surface area contributed by atoms with Crippen LogP contribution in [0.15, 0.2) is 0 Å². The average Bonchev–Trinajstić information content (AvgIpc) is 0.774. The second-order valence-electron chi connectivity index (χ2n) is 32.3. The molecular weight excluding hydrogens is 1340 g/mol. The van der Waals surface area contributed by atoms with Crippen LogP contribution in [0.1, 0.15) is 194 Å². The first-order valence-electron chi connectivity index (χ1n) is 38.7. The minimum absolute atomic E-state index is 0.0150. The Morgan fingerprint density at radius 2 is 0.845 bits per heavy atom. The highest BCUT2D eigenvalue weighted by atomic mass is 16.7. The summed E-state index contributed by atoms with van der Waals surface area (Å²) >= 11 is 0. The van der Waals surface area contributed by atoms with E-state index in [1.165, 1.54) is 56.3 Å². The van der Waals surface area contributed by atoms with Crippen molar-refractivity contribution in [3.8, 4) is 0 Å². The van der Waals surface area contributed by atoms with Gasteiger partial charge in [-0.25, -0.2) is 0 Å². The van der Waals surface area contributed by atoms with E-state index in [0.717, 1.165) is 4.90 Å². The summed E-state index contributed by atoms with van der Waals surface area (Å²) in [5, 5.41) is 94.2. The Morgan fingerprint density at radius 1 is 0.495 bits per heavy atom. The monoisotopic (exact) mass is 1480 g/mol. The number of likely N-dealkylation sites (N-methyl/N-ethyl adjacent to an activating group) is 2. The van der Waals surface area contributed by atoms with Gasteiger partial charge in [0.2, 0.25) is 0 Å². The number of Topliss-reactive ketones (excluding diaryl/α,β-unsaturated/α-hetero) is 2. The van der Waals surface area contributed by atoms with Crippen LogP contribution in [0.3, 0.4) is 0 Å². The first kappa shape index (κ1) is 86.0. The van der Waals surface area contributed by atoms with Crippen molar-refractivity contribution >= 4 is 23.5 Å². The SMILES string of the molecule is CC[C@H]1OC(=O)[C@H](C)[C@@H](O[C@H]2C[C@@](C)(OC)[C@@H](O)[C@H](C)O2)[C@H](C)[C@@H](O[C@@H]2O[C@H](C)C[C@H](NC)[C@H]2O)[C@](C)(OC)C[C@@H](C)C(=O)[C@H](C)[C@@H](O)[C@]1(C)O.[2H]C([2H])([2H])N(C)[C@H]1C[C@@H](C)O[C@@H](O[C@@H]2[C@@H](C)[C@H](O[C@H]3C[C@@](C)(OC)[C@@H](O)[C@H](C)O3)[C@@H](C)C(=O)O[C@H](CC)[C@@](C)(O)[C@H](O)[C@@H](C)C(=O)[C@H](C)C[C@@]2(C)OC)[C@@H]1O. The molecule has 0 unspecified atom stereocenters. The van der Waals surface area contributed by atoms with Gasteiger partial charge in [0.05, 0.1) is 95.3 Å². The molecule has 28 heteroatoms. The fraction of sp³-hybridized carbons (Fsp3) is 0.947. The summed E-state index contributed by atoms with van der Waals surface area (Å²) in [6, 6.07) is -1.22. The molecule has 0 spiro atoms. The van der Waals surface area contributed by atoms with E-state index < -0.39 is 223 Å². The molecule has 6 saturated heterocycles. The molecule has 6 aliphatic heterocycles. The highest BCUT2D eigenvalue weighted by molar-refractivity contribution is 5.84. The number of aliphatic hydroxyl groups is 8. The molecule has 6 aliphatic rings. The van der Waals surface area contributed by atoms with Crippen molar-refractivity contribution in [3.63, 3.8) is 0 Å². The molecule has 0 aliphatic carbocycles. The topological polar surface area (TPSA) is 375 Å². The number of hydrogen-bond acceptors (Lipinski definition) is 28. The molecule has 0 bridgehead atoms. The number of ketones is 2. The highest BCUT2D eigenvalue weighted by Crippen LogP contribution is 2.45. The van der Waals surface area contributed by atoms with Gasteiger partial charge in [-0.1, -0.05) is 55.4 Å². The molecule has 0 amide bonds. The Hall–Kier alpha value is -2.60. The highest BCUT2D eigenvalue weighted by Gasteiger charge is 2.58. The van der Waals surface area contributed by atoms with Crippen LogP contribution in [0.4, 0.5) is 0 Å².